The molecule has 1 atom stereocenters. The number of methoxy groups -OCH3 is 1. The molecule has 0 amide bonds. The second-order valence-corrected chi connectivity index (χ2v) is 5.62. The number of rotatable bonds is 2. The maximum absolute atomic E-state index is 12.2. The Morgan fingerprint density at radius 1 is 1.25 bits per heavy atom. The number of ether oxygens (including phenoxy) is 1. The number of carbonyl (C=O) groups is 1. The lowest BCUT2D eigenvalue weighted by atomic mass is 9.92. The highest BCUT2D eigenvalue weighted by atomic mass is 79.9. The highest BCUT2D eigenvalue weighted by molar-refractivity contribution is 9.10. The minimum absolute atomic E-state index is 0.000365. The lowest BCUT2D eigenvalue weighted by Gasteiger charge is -2.26. The van der Waals surface area contributed by atoms with Crippen LogP contribution in [-0.4, -0.2) is 12.9 Å². The van der Waals surface area contributed by atoms with Gasteiger partial charge < -0.3 is 10.1 Å². The van der Waals surface area contributed by atoms with Crippen molar-refractivity contribution in [2.45, 2.75) is 12.5 Å². The summed E-state index contributed by atoms with van der Waals surface area (Å²) in [6.45, 7) is 0. The molecule has 1 N–H and O–H groups in total. The molecule has 1 unspecified atom stereocenters. The second-order valence-electron chi connectivity index (χ2n) is 4.76. The lowest BCUT2D eigenvalue weighted by molar-refractivity contribution is 0.0972. The van der Waals surface area contributed by atoms with Gasteiger partial charge in [-0.3, -0.25) is 4.79 Å². The molecule has 102 valence electrons. The van der Waals surface area contributed by atoms with Crippen molar-refractivity contribution in [3.05, 3.63) is 58.1 Å². The minimum Gasteiger partial charge on any atom is -0.496 e. The number of para-hydroxylation sites is 1. The third-order valence-electron chi connectivity index (χ3n) is 3.52. The molecule has 20 heavy (non-hydrogen) atoms. The molecule has 2 aromatic carbocycles. The molecule has 0 radical (unpaired) electrons. The number of hydrogen-bond acceptors (Lipinski definition) is 3. The Morgan fingerprint density at radius 2 is 2.05 bits per heavy atom. The van der Waals surface area contributed by atoms with Gasteiger partial charge in [0.1, 0.15) is 5.75 Å². The third kappa shape index (κ3) is 2.31. The number of ketones is 1. The molecule has 2 aromatic rings. The summed E-state index contributed by atoms with van der Waals surface area (Å²) in [5.74, 6) is 0.965. The van der Waals surface area contributed by atoms with Gasteiger partial charge >= 0.3 is 0 Å². The van der Waals surface area contributed by atoms with E-state index in [0.29, 0.717) is 6.42 Å². The van der Waals surface area contributed by atoms with Crippen LogP contribution in [0.3, 0.4) is 0 Å². The molecular formula is C16H14BrNO2. The van der Waals surface area contributed by atoms with Crippen LogP contribution in [0.15, 0.2) is 46.9 Å². The van der Waals surface area contributed by atoms with Gasteiger partial charge in [-0.15, -0.1) is 0 Å². The fourth-order valence-electron chi connectivity index (χ4n) is 2.49. The van der Waals surface area contributed by atoms with Crippen molar-refractivity contribution in [3.8, 4) is 5.75 Å². The molecule has 3 nitrogen and oxygen atoms in total. The van der Waals surface area contributed by atoms with E-state index in [0.717, 1.165) is 27.0 Å². The molecule has 0 aromatic heterocycles. The van der Waals surface area contributed by atoms with E-state index in [1.165, 1.54) is 0 Å². The molecule has 0 bridgehead atoms. The van der Waals surface area contributed by atoms with Gasteiger partial charge in [0, 0.05) is 17.7 Å². The Hall–Kier alpha value is -1.81. The van der Waals surface area contributed by atoms with Crippen molar-refractivity contribution >= 4 is 27.4 Å². The van der Waals surface area contributed by atoms with Crippen molar-refractivity contribution in [1.29, 1.82) is 0 Å². The molecule has 1 aliphatic heterocycles. The average molecular weight is 332 g/mol. The van der Waals surface area contributed by atoms with Crippen molar-refractivity contribution in [1.82, 2.24) is 0 Å². The maximum Gasteiger partial charge on any atom is 0.167 e. The monoisotopic (exact) mass is 331 g/mol. The van der Waals surface area contributed by atoms with Crippen molar-refractivity contribution in [2.75, 3.05) is 12.4 Å². The number of fused-ring (bicyclic) bond motifs is 1. The Balaban J connectivity index is 1.94. The summed E-state index contributed by atoms with van der Waals surface area (Å²) in [5, 5.41) is 3.43. The summed E-state index contributed by atoms with van der Waals surface area (Å²) in [6.07, 6.45) is 0.468. The van der Waals surface area contributed by atoms with E-state index in [2.05, 4.69) is 21.2 Å². The highest BCUT2D eigenvalue weighted by Gasteiger charge is 2.25. The normalized spacial score (nSPS) is 17.3. The Morgan fingerprint density at radius 3 is 2.80 bits per heavy atom. The van der Waals surface area contributed by atoms with Crippen LogP contribution in [0.5, 0.6) is 5.75 Å². The number of anilines is 1. The van der Waals surface area contributed by atoms with Crippen LogP contribution in [0.25, 0.3) is 0 Å². The van der Waals surface area contributed by atoms with E-state index in [-0.39, 0.29) is 11.8 Å². The van der Waals surface area contributed by atoms with Crippen molar-refractivity contribution in [3.63, 3.8) is 0 Å². The quantitative estimate of drug-likeness (QED) is 0.896. The number of Topliss-reactive ketones (excluding diaryl/α,β-unsaturated/α-hetero) is 1. The summed E-state index contributed by atoms with van der Waals surface area (Å²) in [6, 6.07) is 13.5. The van der Waals surface area contributed by atoms with Gasteiger partial charge in [-0.05, 0) is 45.8 Å². The van der Waals surface area contributed by atoms with Gasteiger partial charge in [-0.25, -0.2) is 0 Å². The Bertz CT molecular complexity index is 669. The molecule has 1 heterocycles. The topological polar surface area (TPSA) is 38.3 Å². The molecule has 0 saturated carbocycles. The van der Waals surface area contributed by atoms with E-state index in [4.69, 9.17) is 4.74 Å². The van der Waals surface area contributed by atoms with Crippen LogP contribution >= 0.6 is 15.9 Å². The molecular weight excluding hydrogens is 318 g/mol. The van der Waals surface area contributed by atoms with E-state index in [1.54, 1.807) is 7.11 Å². The lowest BCUT2D eigenvalue weighted by Crippen LogP contribution is -2.22. The smallest absolute Gasteiger partial charge is 0.167 e. The minimum atomic E-state index is -0.000365. The standard InChI is InChI=1S/C16H14BrNO2/c1-20-16-7-6-10(8-12(16)17)14-9-15(19)11-4-2-3-5-13(11)18-14/h2-8,14,18H,9H2,1H3. The second kappa shape index (κ2) is 5.29. The molecule has 0 spiro atoms. The SMILES string of the molecule is COc1ccc(C2CC(=O)c3ccccc3N2)cc1Br. The fraction of sp³-hybridized carbons (Fsp3) is 0.188. The summed E-state index contributed by atoms with van der Waals surface area (Å²) >= 11 is 3.48. The summed E-state index contributed by atoms with van der Waals surface area (Å²) < 4.78 is 6.12. The first-order valence-electron chi connectivity index (χ1n) is 6.41. The Kier molecular flexibility index (Phi) is 3.49. The largest absolute Gasteiger partial charge is 0.496 e. The van der Waals surface area contributed by atoms with E-state index < -0.39 is 0 Å². The van der Waals surface area contributed by atoms with Crippen LogP contribution in [0, 0.1) is 0 Å². The first-order chi connectivity index (χ1) is 9.69. The van der Waals surface area contributed by atoms with Gasteiger partial charge in [0.15, 0.2) is 5.78 Å². The maximum atomic E-state index is 12.2. The molecule has 3 rings (SSSR count). The molecule has 0 fully saturated rings. The number of hydrogen-bond donors (Lipinski definition) is 1. The van der Waals surface area contributed by atoms with Crippen LogP contribution in [0.2, 0.25) is 0 Å². The number of halogens is 1. The van der Waals surface area contributed by atoms with E-state index in [1.807, 2.05) is 42.5 Å². The molecule has 4 heteroatoms. The molecule has 0 saturated heterocycles. The zero-order valence-electron chi connectivity index (χ0n) is 11.0. The van der Waals surface area contributed by atoms with Crippen LogP contribution in [-0.2, 0) is 0 Å². The first kappa shape index (κ1) is 13.2. The predicted octanol–water partition coefficient (Wildman–Crippen LogP) is 4.20. The summed E-state index contributed by atoms with van der Waals surface area (Å²) in [5.41, 5.74) is 2.75. The number of carbonyl (C=O) groups excluding carboxylic acids is 1. The fourth-order valence-corrected chi connectivity index (χ4v) is 3.05. The van der Waals surface area contributed by atoms with Crippen LogP contribution in [0.1, 0.15) is 28.4 Å². The Labute approximate surface area is 126 Å². The number of benzene rings is 2. The van der Waals surface area contributed by atoms with Gasteiger partial charge in [0.2, 0.25) is 0 Å². The molecule has 0 aliphatic carbocycles. The summed E-state index contributed by atoms with van der Waals surface area (Å²) in [4.78, 5) is 12.2. The van der Waals surface area contributed by atoms with Crippen molar-refractivity contribution < 1.29 is 9.53 Å². The molecule has 1 aliphatic rings. The van der Waals surface area contributed by atoms with E-state index >= 15 is 0 Å². The highest BCUT2D eigenvalue weighted by Crippen LogP contribution is 2.35. The van der Waals surface area contributed by atoms with E-state index in [9.17, 15) is 4.79 Å². The van der Waals surface area contributed by atoms with Crippen LogP contribution < -0.4 is 10.1 Å². The predicted molar refractivity (Wildman–Crippen MR) is 82.4 cm³/mol. The average Bonchev–Trinajstić information content (AvgIpc) is 2.47. The first-order valence-corrected chi connectivity index (χ1v) is 7.20. The zero-order chi connectivity index (χ0) is 14.1. The number of nitrogens with one attached hydrogen (secondary N) is 1. The van der Waals surface area contributed by atoms with Gasteiger partial charge in [0.05, 0.1) is 17.6 Å². The van der Waals surface area contributed by atoms with Gasteiger partial charge in [-0.2, -0.15) is 0 Å². The third-order valence-corrected chi connectivity index (χ3v) is 4.14. The van der Waals surface area contributed by atoms with Gasteiger partial charge in [0.25, 0.3) is 0 Å². The zero-order valence-corrected chi connectivity index (χ0v) is 12.6. The van der Waals surface area contributed by atoms with Crippen molar-refractivity contribution in [2.24, 2.45) is 0 Å². The van der Waals surface area contributed by atoms with Crippen LogP contribution in [0.4, 0.5) is 5.69 Å². The van der Waals surface area contributed by atoms with Gasteiger partial charge in [-0.1, -0.05) is 18.2 Å². The summed E-state index contributed by atoms with van der Waals surface area (Å²) in [7, 11) is 1.64.